The van der Waals surface area contributed by atoms with E-state index in [1.807, 2.05) is 6.07 Å². The standard InChI is InChI=1S/C15H25NO3/c1-11-9-12(2)15(14(10-11)18-4)13(16)5-6-19-8-7-17-3/h9-10,13H,5-8,16H2,1-4H3. The number of aryl methyl sites for hydroxylation is 2. The van der Waals surface area contributed by atoms with Crippen molar-refractivity contribution in [2.75, 3.05) is 34.0 Å². The molecule has 108 valence electrons. The lowest BCUT2D eigenvalue weighted by molar-refractivity contribution is 0.0671. The van der Waals surface area contributed by atoms with Gasteiger partial charge in [-0.25, -0.2) is 0 Å². The van der Waals surface area contributed by atoms with Gasteiger partial charge >= 0.3 is 0 Å². The van der Waals surface area contributed by atoms with Gasteiger partial charge in [-0.15, -0.1) is 0 Å². The first-order valence-electron chi connectivity index (χ1n) is 6.57. The van der Waals surface area contributed by atoms with Crippen molar-refractivity contribution in [1.82, 2.24) is 0 Å². The van der Waals surface area contributed by atoms with Crippen LogP contribution in [0.4, 0.5) is 0 Å². The second-order valence-corrected chi connectivity index (χ2v) is 4.70. The minimum absolute atomic E-state index is 0.0712. The van der Waals surface area contributed by atoms with Crippen LogP contribution in [-0.2, 0) is 9.47 Å². The van der Waals surface area contributed by atoms with Crippen LogP contribution in [-0.4, -0.2) is 34.0 Å². The Bertz CT molecular complexity index is 393. The molecule has 0 amide bonds. The predicted octanol–water partition coefficient (Wildman–Crippen LogP) is 2.36. The van der Waals surface area contributed by atoms with Gasteiger partial charge in [0.2, 0.25) is 0 Å². The van der Waals surface area contributed by atoms with E-state index in [4.69, 9.17) is 19.9 Å². The highest BCUT2D eigenvalue weighted by Crippen LogP contribution is 2.30. The highest BCUT2D eigenvalue weighted by atomic mass is 16.5. The molecule has 0 saturated carbocycles. The van der Waals surface area contributed by atoms with Gasteiger partial charge in [-0.05, 0) is 37.5 Å². The van der Waals surface area contributed by atoms with Crippen molar-refractivity contribution in [3.05, 3.63) is 28.8 Å². The smallest absolute Gasteiger partial charge is 0.124 e. The van der Waals surface area contributed by atoms with Gasteiger partial charge in [-0.1, -0.05) is 6.07 Å². The van der Waals surface area contributed by atoms with E-state index in [1.165, 1.54) is 11.1 Å². The lowest BCUT2D eigenvalue weighted by atomic mass is 9.96. The quantitative estimate of drug-likeness (QED) is 0.735. The largest absolute Gasteiger partial charge is 0.496 e. The number of rotatable bonds is 8. The summed E-state index contributed by atoms with van der Waals surface area (Å²) in [6.07, 6.45) is 0.768. The molecule has 4 nitrogen and oxygen atoms in total. The summed E-state index contributed by atoms with van der Waals surface area (Å²) in [5.74, 6) is 0.863. The Morgan fingerprint density at radius 2 is 1.84 bits per heavy atom. The maximum atomic E-state index is 6.25. The lowest BCUT2D eigenvalue weighted by Crippen LogP contribution is -2.16. The van der Waals surface area contributed by atoms with Gasteiger partial charge in [0.25, 0.3) is 0 Å². The van der Waals surface area contributed by atoms with Crippen molar-refractivity contribution in [2.24, 2.45) is 5.73 Å². The number of nitrogens with two attached hydrogens (primary N) is 1. The average molecular weight is 267 g/mol. The first-order valence-corrected chi connectivity index (χ1v) is 6.57. The number of hydrogen-bond acceptors (Lipinski definition) is 4. The molecular formula is C15H25NO3. The van der Waals surface area contributed by atoms with Crippen molar-refractivity contribution in [2.45, 2.75) is 26.3 Å². The van der Waals surface area contributed by atoms with Gasteiger partial charge in [-0.2, -0.15) is 0 Å². The molecule has 0 aliphatic rings. The number of methoxy groups -OCH3 is 2. The van der Waals surface area contributed by atoms with Crippen molar-refractivity contribution >= 4 is 0 Å². The normalized spacial score (nSPS) is 12.5. The van der Waals surface area contributed by atoms with Crippen LogP contribution in [0.5, 0.6) is 5.75 Å². The summed E-state index contributed by atoms with van der Waals surface area (Å²) >= 11 is 0. The third kappa shape index (κ3) is 4.82. The summed E-state index contributed by atoms with van der Waals surface area (Å²) in [6.45, 7) is 5.96. The number of ether oxygens (including phenoxy) is 3. The fraction of sp³-hybridized carbons (Fsp3) is 0.600. The second kappa shape index (κ2) is 8.15. The van der Waals surface area contributed by atoms with Crippen LogP contribution in [0.2, 0.25) is 0 Å². The predicted molar refractivity (Wildman–Crippen MR) is 76.7 cm³/mol. The first kappa shape index (κ1) is 16.0. The van der Waals surface area contributed by atoms with Gasteiger partial charge in [0.1, 0.15) is 5.75 Å². The minimum Gasteiger partial charge on any atom is -0.496 e. The molecule has 0 spiro atoms. The van der Waals surface area contributed by atoms with E-state index in [0.29, 0.717) is 19.8 Å². The van der Waals surface area contributed by atoms with Gasteiger partial charge < -0.3 is 19.9 Å². The molecule has 19 heavy (non-hydrogen) atoms. The fourth-order valence-electron chi connectivity index (χ4n) is 2.18. The zero-order chi connectivity index (χ0) is 14.3. The molecule has 0 heterocycles. The lowest BCUT2D eigenvalue weighted by Gasteiger charge is -2.19. The Morgan fingerprint density at radius 1 is 1.11 bits per heavy atom. The number of benzene rings is 1. The number of hydrogen-bond donors (Lipinski definition) is 1. The maximum absolute atomic E-state index is 6.25. The van der Waals surface area contributed by atoms with E-state index < -0.39 is 0 Å². The first-order chi connectivity index (χ1) is 9.10. The Kier molecular flexibility index (Phi) is 6.84. The van der Waals surface area contributed by atoms with E-state index in [1.54, 1.807) is 14.2 Å². The van der Waals surface area contributed by atoms with E-state index in [2.05, 4.69) is 19.9 Å². The van der Waals surface area contributed by atoms with Crippen molar-refractivity contribution in [1.29, 1.82) is 0 Å². The monoisotopic (exact) mass is 267 g/mol. The molecule has 0 bridgehead atoms. The molecule has 1 rings (SSSR count). The maximum Gasteiger partial charge on any atom is 0.124 e. The molecule has 1 unspecified atom stereocenters. The van der Waals surface area contributed by atoms with Gasteiger partial charge in [-0.3, -0.25) is 0 Å². The molecule has 1 atom stereocenters. The van der Waals surface area contributed by atoms with E-state index >= 15 is 0 Å². The topological polar surface area (TPSA) is 53.7 Å². The Labute approximate surface area is 115 Å². The second-order valence-electron chi connectivity index (χ2n) is 4.70. The average Bonchev–Trinajstić information content (AvgIpc) is 2.37. The van der Waals surface area contributed by atoms with Gasteiger partial charge in [0.05, 0.1) is 20.3 Å². The van der Waals surface area contributed by atoms with E-state index in [-0.39, 0.29) is 6.04 Å². The van der Waals surface area contributed by atoms with Crippen LogP contribution in [0.25, 0.3) is 0 Å². The summed E-state index contributed by atoms with van der Waals surface area (Å²) in [6, 6.07) is 4.08. The summed E-state index contributed by atoms with van der Waals surface area (Å²) in [7, 11) is 3.34. The Hall–Kier alpha value is -1.10. The molecule has 0 fully saturated rings. The zero-order valence-electron chi connectivity index (χ0n) is 12.4. The van der Waals surface area contributed by atoms with Crippen LogP contribution in [0.1, 0.15) is 29.2 Å². The van der Waals surface area contributed by atoms with Gasteiger partial charge in [0.15, 0.2) is 0 Å². The summed E-state index contributed by atoms with van der Waals surface area (Å²) in [5.41, 5.74) is 9.67. The molecule has 4 heteroatoms. The fourth-order valence-corrected chi connectivity index (χ4v) is 2.18. The molecule has 0 aliphatic heterocycles. The molecule has 1 aromatic rings. The van der Waals surface area contributed by atoms with Crippen molar-refractivity contribution in [3.8, 4) is 5.75 Å². The van der Waals surface area contributed by atoms with E-state index in [9.17, 15) is 0 Å². The Morgan fingerprint density at radius 3 is 2.47 bits per heavy atom. The van der Waals surface area contributed by atoms with Crippen LogP contribution in [0.15, 0.2) is 12.1 Å². The third-order valence-corrected chi connectivity index (χ3v) is 3.09. The van der Waals surface area contributed by atoms with Gasteiger partial charge in [0, 0.05) is 25.3 Å². The summed E-state index contributed by atoms with van der Waals surface area (Å²) in [4.78, 5) is 0. The molecule has 0 aliphatic carbocycles. The van der Waals surface area contributed by atoms with Crippen molar-refractivity contribution < 1.29 is 14.2 Å². The molecule has 2 N–H and O–H groups in total. The SMILES string of the molecule is COCCOCCC(N)c1c(C)cc(C)cc1OC. The van der Waals surface area contributed by atoms with Crippen LogP contribution >= 0.6 is 0 Å². The Balaban J connectivity index is 2.63. The van der Waals surface area contributed by atoms with Crippen molar-refractivity contribution in [3.63, 3.8) is 0 Å². The highest BCUT2D eigenvalue weighted by Gasteiger charge is 2.15. The van der Waals surface area contributed by atoms with Crippen LogP contribution in [0, 0.1) is 13.8 Å². The minimum atomic E-state index is -0.0712. The molecule has 0 aromatic heterocycles. The highest BCUT2D eigenvalue weighted by molar-refractivity contribution is 5.44. The third-order valence-electron chi connectivity index (χ3n) is 3.09. The molecule has 0 saturated heterocycles. The summed E-state index contributed by atoms with van der Waals surface area (Å²) < 4.78 is 15.8. The van der Waals surface area contributed by atoms with Crippen LogP contribution < -0.4 is 10.5 Å². The van der Waals surface area contributed by atoms with Crippen LogP contribution in [0.3, 0.4) is 0 Å². The summed E-state index contributed by atoms with van der Waals surface area (Å²) in [5, 5.41) is 0. The van der Waals surface area contributed by atoms with E-state index in [0.717, 1.165) is 17.7 Å². The molecule has 0 radical (unpaired) electrons. The zero-order valence-corrected chi connectivity index (χ0v) is 12.4. The molecular weight excluding hydrogens is 242 g/mol. The molecule has 1 aromatic carbocycles.